The molecule has 1 heterocycles. The quantitative estimate of drug-likeness (QED) is 0.807. The second kappa shape index (κ2) is 7.42. The van der Waals surface area contributed by atoms with Crippen LogP contribution in [0.4, 0.5) is 13.6 Å². The molecule has 0 spiro atoms. The minimum absolute atomic E-state index is 0.0568. The molecule has 0 saturated heterocycles. The van der Waals surface area contributed by atoms with Crippen molar-refractivity contribution in [1.82, 2.24) is 15.6 Å². The van der Waals surface area contributed by atoms with Crippen LogP contribution in [0.2, 0.25) is 0 Å². The van der Waals surface area contributed by atoms with E-state index in [0.29, 0.717) is 0 Å². The Morgan fingerprint density at radius 1 is 1.24 bits per heavy atom. The number of aromatic nitrogens is 1. The highest BCUT2D eigenvalue weighted by Gasteiger charge is 2.48. The summed E-state index contributed by atoms with van der Waals surface area (Å²) in [5, 5.41) is 5.51. The number of benzene rings is 1. The summed E-state index contributed by atoms with van der Waals surface area (Å²) in [6.07, 6.45) is 3.53. The number of Topliss-reactive ketones (excluding diaryl/α,β-unsaturated/α-hetero) is 1. The molecule has 2 N–H and O–H groups in total. The molecule has 0 radical (unpaired) electrons. The van der Waals surface area contributed by atoms with E-state index in [0.717, 1.165) is 30.7 Å². The van der Waals surface area contributed by atoms with Crippen LogP contribution in [0.25, 0.3) is 0 Å². The largest absolute Gasteiger partial charge is 0.497 e. The summed E-state index contributed by atoms with van der Waals surface area (Å²) in [4.78, 5) is 29.3. The number of ketones is 1. The Kier molecular flexibility index (Phi) is 4.94. The van der Waals surface area contributed by atoms with E-state index in [9.17, 15) is 18.4 Å². The summed E-state index contributed by atoms with van der Waals surface area (Å²) in [7, 11) is 1.32. The van der Waals surface area contributed by atoms with E-state index >= 15 is 0 Å². The standard InChI is InChI=1S/C21H21F2N3O3/c1-29-12-10-14(22)18(15(23)11-12)13-5-6-16(27)19(13)25-20(28)26-21(7-8-21)17-4-2-3-9-24-17/h2-4,9-11,13,19H,5-8H2,1H3,(H2,25,26,28)/t13-,19-/m0/s1. The van der Waals surface area contributed by atoms with Gasteiger partial charge in [0.15, 0.2) is 5.78 Å². The Hall–Kier alpha value is -3.03. The fraction of sp³-hybridized carbons (Fsp3) is 0.381. The number of halogens is 2. The van der Waals surface area contributed by atoms with E-state index in [1.807, 2.05) is 12.1 Å². The molecule has 1 aromatic heterocycles. The van der Waals surface area contributed by atoms with E-state index in [1.165, 1.54) is 7.11 Å². The van der Waals surface area contributed by atoms with Gasteiger partial charge in [0.2, 0.25) is 0 Å². The first kappa shape index (κ1) is 19.3. The highest BCUT2D eigenvalue weighted by atomic mass is 19.1. The van der Waals surface area contributed by atoms with Crippen molar-refractivity contribution in [3.8, 4) is 5.75 Å². The van der Waals surface area contributed by atoms with E-state index in [1.54, 1.807) is 12.3 Å². The second-order valence-corrected chi connectivity index (χ2v) is 7.49. The maximum absolute atomic E-state index is 14.5. The van der Waals surface area contributed by atoms with Crippen LogP contribution >= 0.6 is 0 Å². The van der Waals surface area contributed by atoms with Gasteiger partial charge in [-0.3, -0.25) is 9.78 Å². The minimum atomic E-state index is -0.994. The highest BCUT2D eigenvalue weighted by Crippen LogP contribution is 2.44. The molecule has 0 unspecified atom stereocenters. The summed E-state index contributed by atoms with van der Waals surface area (Å²) < 4.78 is 33.9. The summed E-state index contributed by atoms with van der Waals surface area (Å²) in [6.45, 7) is 0. The summed E-state index contributed by atoms with van der Waals surface area (Å²) >= 11 is 0. The maximum Gasteiger partial charge on any atom is 0.316 e. The lowest BCUT2D eigenvalue weighted by Gasteiger charge is -2.24. The van der Waals surface area contributed by atoms with Crippen molar-refractivity contribution in [2.75, 3.05) is 7.11 Å². The fourth-order valence-electron chi connectivity index (χ4n) is 3.98. The number of methoxy groups -OCH3 is 1. The molecule has 152 valence electrons. The highest BCUT2D eigenvalue weighted by molar-refractivity contribution is 5.91. The Bertz CT molecular complexity index is 924. The van der Waals surface area contributed by atoms with Crippen LogP contribution in [0.5, 0.6) is 5.75 Å². The molecule has 2 aliphatic rings. The first-order valence-electron chi connectivity index (χ1n) is 9.49. The first-order chi connectivity index (χ1) is 13.9. The molecule has 6 nitrogen and oxygen atoms in total. The first-order valence-corrected chi connectivity index (χ1v) is 9.49. The van der Waals surface area contributed by atoms with Gasteiger partial charge >= 0.3 is 6.03 Å². The molecule has 4 rings (SSSR count). The van der Waals surface area contributed by atoms with Crippen LogP contribution in [-0.2, 0) is 10.3 Å². The number of amides is 2. The number of nitrogens with one attached hydrogen (secondary N) is 2. The number of carbonyl (C=O) groups is 2. The smallest absolute Gasteiger partial charge is 0.316 e. The van der Waals surface area contributed by atoms with Crippen molar-refractivity contribution in [3.63, 3.8) is 0 Å². The van der Waals surface area contributed by atoms with Crippen molar-refractivity contribution in [3.05, 3.63) is 59.4 Å². The molecule has 2 saturated carbocycles. The minimum Gasteiger partial charge on any atom is -0.497 e. The number of hydrogen-bond donors (Lipinski definition) is 2. The van der Waals surface area contributed by atoms with Gasteiger partial charge in [0, 0.05) is 36.2 Å². The lowest BCUT2D eigenvalue weighted by molar-refractivity contribution is -0.119. The predicted molar refractivity (Wildman–Crippen MR) is 100 cm³/mol. The Balaban J connectivity index is 1.52. The van der Waals surface area contributed by atoms with Crippen LogP contribution in [-0.4, -0.2) is 29.9 Å². The third-order valence-electron chi connectivity index (χ3n) is 5.65. The van der Waals surface area contributed by atoms with Gasteiger partial charge in [0.1, 0.15) is 17.4 Å². The van der Waals surface area contributed by atoms with Crippen molar-refractivity contribution < 1.29 is 23.1 Å². The molecule has 2 aliphatic carbocycles. The van der Waals surface area contributed by atoms with E-state index in [2.05, 4.69) is 15.6 Å². The van der Waals surface area contributed by atoms with Gasteiger partial charge in [-0.25, -0.2) is 13.6 Å². The predicted octanol–water partition coefficient (Wildman–Crippen LogP) is 3.17. The zero-order chi connectivity index (χ0) is 20.6. The average Bonchev–Trinajstić information content (AvgIpc) is 3.41. The normalized spacial score (nSPS) is 22.2. The second-order valence-electron chi connectivity index (χ2n) is 7.49. The summed E-state index contributed by atoms with van der Waals surface area (Å²) in [5.74, 6) is -2.55. The molecule has 29 heavy (non-hydrogen) atoms. The molecular formula is C21H21F2N3O3. The van der Waals surface area contributed by atoms with Crippen molar-refractivity contribution in [2.24, 2.45) is 0 Å². The maximum atomic E-state index is 14.5. The fourth-order valence-corrected chi connectivity index (χ4v) is 3.98. The topological polar surface area (TPSA) is 80.3 Å². The van der Waals surface area contributed by atoms with Gasteiger partial charge in [0.25, 0.3) is 0 Å². The molecule has 2 amide bonds. The number of carbonyl (C=O) groups excluding carboxylic acids is 2. The summed E-state index contributed by atoms with van der Waals surface area (Å²) in [6, 6.07) is 6.09. The third kappa shape index (κ3) is 3.66. The van der Waals surface area contributed by atoms with E-state index in [4.69, 9.17) is 4.74 Å². The van der Waals surface area contributed by atoms with Gasteiger partial charge in [0.05, 0.1) is 24.4 Å². The van der Waals surface area contributed by atoms with Crippen molar-refractivity contribution >= 4 is 11.8 Å². The third-order valence-corrected chi connectivity index (χ3v) is 5.65. The van der Waals surface area contributed by atoms with Gasteiger partial charge in [-0.15, -0.1) is 0 Å². The molecule has 2 fully saturated rings. The monoisotopic (exact) mass is 401 g/mol. The Labute approximate surface area is 166 Å². The molecule has 2 aromatic rings. The van der Waals surface area contributed by atoms with E-state index in [-0.39, 0.29) is 29.9 Å². The lowest BCUT2D eigenvalue weighted by Crippen LogP contribution is -2.49. The number of urea groups is 1. The van der Waals surface area contributed by atoms with Crippen LogP contribution in [0, 0.1) is 11.6 Å². The molecule has 0 bridgehead atoms. The van der Waals surface area contributed by atoms with Crippen LogP contribution < -0.4 is 15.4 Å². The number of pyridine rings is 1. The average molecular weight is 401 g/mol. The number of ether oxygens (including phenoxy) is 1. The van der Waals surface area contributed by atoms with Gasteiger partial charge in [-0.05, 0) is 31.4 Å². The zero-order valence-electron chi connectivity index (χ0n) is 15.9. The number of hydrogen-bond acceptors (Lipinski definition) is 4. The van der Waals surface area contributed by atoms with Gasteiger partial charge < -0.3 is 15.4 Å². The molecule has 0 aliphatic heterocycles. The number of nitrogens with zero attached hydrogens (tertiary/aromatic N) is 1. The van der Waals surface area contributed by atoms with Gasteiger partial charge in [-0.1, -0.05) is 6.07 Å². The number of rotatable bonds is 5. The molecular weight excluding hydrogens is 380 g/mol. The van der Waals surface area contributed by atoms with Crippen LogP contribution in [0.1, 0.15) is 42.9 Å². The van der Waals surface area contributed by atoms with Crippen LogP contribution in [0.3, 0.4) is 0 Å². The molecule has 1 aromatic carbocycles. The molecule has 8 heteroatoms. The zero-order valence-corrected chi connectivity index (χ0v) is 15.9. The van der Waals surface area contributed by atoms with E-state index < -0.39 is 35.2 Å². The molecule has 2 atom stereocenters. The van der Waals surface area contributed by atoms with Crippen LogP contribution in [0.15, 0.2) is 36.5 Å². The van der Waals surface area contributed by atoms with Crippen molar-refractivity contribution in [2.45, 2.75) is 43.2 Å². The lowest BCUT2D eigenvalue weighted by atomic mass is 9.92. The Morgan fingerprint density at radius 3 is 2.55 bits per heavy atom. The Morgan fingerprint density at radius 2 is 1.97 bits per heavy atom. The SMILES string of the molecule is COc1cc(F)c([C@@H]2CCC(=O)[C@H]2NC(=O)NC2(c3ccccn3)CC2)c(F)c1. The van der Waals surface area contributed by atoms with Gasteiger partial charge in [-0.2, -0.15) is 0 Å². The summed E-state index contributed by atoms with van der Waals surface area (Å²) in [5.41, 5.74) is -0.0106. The van der Waals surface area contributed by atoms with Crippen molar-refractivity contribution in [1.29, 1.82) is 0 Å².